The van der Waals surface area contributed by atoms with Gasteiger partial charge in [-0.15, -0.1) is 0 Å². The van der Waals surface area contributed by atoms with Gasteiger partial charge in [0.1, 0.15) is 28.1 Å². The van der Waals surface area contributed by atoms with Gasteiger partial charge in [-0.2, -0.15) is 0 Å². The number of fused-ring (bicyclic) bond motifs is 6. The highest BCUT2D eigenvalue weighted by atomic mass is 16.6. The van der Waals surface area contributed by atoms with Gasteiger partial charge in [-0.3, -0.25) is 23.6 Å². The van der Waals surface area contributed by atoms with Crippen molar-refractivity contribution in [2.45, 2.75) is 64.3 Å². The lowest BCUT2D eigenvalue weighted by molar-refractivity contribution is 0.0532. The van der Waals surface area contributed by atoms with Crippen LogP contribution in [-0.4, -0.2) is 37.1 Å². The summed E-state index contributed by atoms with van der Waals surface area (Å²) in [6.45, 7) is 14.5. The van der Waals surface area contributed by atoms with Gasteiger partial charge in [-0.25, -0.2) is 9.59 Å². The van der Waals surface area contributed by atoms with Gasteiger partial charge in [0.25, 0.3) is 11.1 Å². The van der Waals surface area contributed by atoms with Crippen molar-refractivity contribution in [3.8, 4) is 0 Å². The first kappa shape index (κ1) is 28.3. The second kappa shape index (κ2) is 9.07. The van der Waals surface area contributed by atoms with Crippen LogP contribution in [0.15, 0.2) is 64.3 Å². The minimum Gasteiger partial charge on any atom is -0.443 e. The topological polar surface area (TPSA) is 105 Å². The second-order valence-corrected chi connectivity index (χ2v) is 13.0. The van der Waals surface area contributed by atoms with Crippen molar-refractivity contribution in [2.75, 3.05) is 4.90 Å². The zero-order chi connectivity index (χ0) is 31.2. The van der Waals surface area contributed by atoms with E-state index in [-0.39, 0.29) is 10.7 Å². The Morgan fingerprint density at radius 2 is 1.44 bits per heavy atom. The average molecular weight is 583 g/mol. The van der Waals surface area contributed by atoms with Crippen LogP contribution in [0.2, 0.25) is 0 Å². The standard InChI is InChI=1S/C33H34N4O6/c1-19-26(38)36-25(27(39)34(19)8)17-33(21-14-10-12-16-24(21)37(28(33)36)30(41)43-32(5,6)7)22-18-35(29(40)42-31(2,3)4)23-15-11-9-13-20(22)23/h9-18,28H,1H2,2-8H3/t28-,33+/m0/s1. The Hall–Kier alpha value is -4.86. The number of carbonyl (C=O) groups is 2. The average Bonchev–Trinajstić information content (AvgIpc) is 3.55. The van der Waals surface area contributed by atoms with Crippen molar-refractivity contribution in [3.05, 3.63) is 97.3 Å². The Bertz CT molecular complexity index is 2090. The normalized spacial score (nSPS) is 19.0. The molecule has 2 aliphatic heterocycles. The molecule has 0 aliphatic carbocycles. The van der Waals surface area contributed by atoms with Gasteiger partial charge in [0.15, 0.2) is 0 Å². The zero-order valence-corrected chi connectivity index (χ0v) is 25.3. The molecule has 0 bridgehead atoms. The van der Waals surface area contributed by atoms with Crippen LogP contribution < -0.4 is 26.7 Å². The van der Waals surface area contributed by atoms with E-state index in [1.807, 2.05) is 36.4 Å². The van der Waals surface area contributed by atoms with E-state index < -0.39 is 46.1 Å². The van der Waals surface area contributed by atoms with Crippen molar-refractivity contribution in [1.29, 1.82) is 0 Å². The third kappa shape index (κ3) is 4.07. The summed E-state index contributed by atoms with van der Waals surface area (Å²) in [4.78, 5) is 56.6. The molecule has 0 saturated heterocycles. The van der Waals surface area contributed by atoms with E-state index >= 15 is 0 Å². The lowest BCUT2D eigenvalue weighted by Crippen LogP contribution is -2.58. The fourth-order valence-corrected chi connectivity index (χ4v) is 6.20. The van der Waals surface area contributed by atoms with Gasteiger partial charge in [0.2, 0.25) is 0 Å². The third-order valence-electron chi connectivity index (χ3n) is 7.86. The number of nitrogens with zero attached hydrogens (tertiary/aromatic N) is 4. The first-order valence-electron chi connectivity index (χ1n) is 14.1. The highest BCUT2D eigenvalue weighted by molar-refractivity contribution is 5.99. The van der Waals surface area contributed by atoms with Gasteiger partial charge in [0.05, 0.1) is 16.6 Å². The first-order valence-corrected chi connectivity index (χ1v) is 14.1. The Labute approximate surface area is 247 Å². The Balaban J connectivity index is 1.75. The summed E-state index contributed by atoms with van der Waals surface area (Å²) in [6, 6.07) is 14.7. The highest BCUT2D eigenvalue weighted by Gasteiger charge is 2.59. The number of anilines is 1. The Kier molecular flexibility index (Phi) is 5.96. The predicted octanol–water partition coefficient (Wildman–Crippen LogP) is 3.73. The minimum atomic E-state index is -1.26. The van der Waals surface area contributed by atoms with Crippen LogP contribution in [0.3, 0.4) is 0 Å². The lowest BCUT2D eigenvalue weighted by Gasteiger charge is -2.34. The van der Waals surface area contributed by atoms with E-state index in [0.29, 0.717) is 27.7 Å². The van der Waals surface area contributed by atoms with E-state index in [9.17, 15) is 19.2 Å². The van der Waals surface area contributed by atoms with Gasteiger partial charge in [-0.05, 0) is 70.9 Å². The first-order chi connectivity index (χ1) is 20.1. The molecule has 4 aromatic rings. The summed E-state index contributed by atoms with van der Waals surface area (Å²) in [6.07, 6.45) is 1.11. The molecule has 0 spiro atoms. The fraction of sp³-hybridized carbons (Fsp3) is 0.333. The maximum atomic E-state index is 14.0. The van der Waals surface area contributed by atoms with Crippen LogP contribution in [0, 0.1) is 0 Å². The molecule has 0 N–H and O–H groups in total. The zero-order valence-electron chi connectivity index (χ0n) is 25.3. The summed E-state index contributed by atoms with van der Waals surface area (Å²) in [5, 5.41) is 0.791. The van der Waals surface area contributed by atoms with E-state index in [4.69, 9.17) is 9.47 Å². The van der Waals surface area contributed by atoms with Crippen LogP contribution in [0.1, 0.15) is 58.8 Å². The number of ether oxygens (including phenoxy) is 2. The van der Waals surface area contributed by atoms with Crippen LogP contribution in [0.25, 0.3) is 23.6 Å². The SMILES string of the molecule is C=c1c(=O)n2c(c(=O)n1C)=C[C@]1(c3cn(C(=O)OC(C)(C)C)c4ccccc34)c3ccccc3N(C(=O)OC(C)(C)C)[C@H]21. The summed E-state index contributed by atoms with van der Waals surface area (Å²) < 4.78 is 15.6. The summed E-state index contributed by atoms with van der Waals surface area (Å²) in [7, 11) is 1.50. The van der Waals surface area contributed by atoms with E-state index in [2.05, 4.69) is 6.58 Å². The Morgan fingerprint density at radius 3 is 2.12 bits per heavy atom. The Morgan fingerprint density at radius 1 is 0.837 bits per heavy atom. The quantitative estimate of drug-likeness (QED) is 0.339. The van der Waals surface area contributed by atoms with Crippen molar-refractivity contribution in [2.24, 2.45) is 7.05 Å². The number of para-hydroxylation sites is 2. The predicted molar refractivity (Wildman–Crippen MR) is 164 cm³/mol. The number of benzene rings is 2. The number of rotatable bonds is 1. The van der Waals surface area contributed by atoms with Crippen molar-refractivity contribution < 1.29 is 19.1 Å². The molecule has 2 atom stereocenters. The lowest BCUT2D eigenvalue weighted by atomic mass is 9.74. The van der Waals surface area contributed by atoms with Crippen LogP contribution >= 0.6 is 0 Å². The molecule has 4 heterocycles. The maximum absolute atomic E-state index is 14.0. The molecular weight excluding hydrogens is 548 g/mol. The second-order valence-electron chi connectivity index (χ2n) is 13.0. The molecule has 0 radical (unpaired) electrons. The number of carbonyl (C=O) groups excluding carboxylic acids is 2. The van der Waals surface area contributed by atoms with Crippen molar-refractivity contribution in [3.63, 3.8) is 0 Å². The highest BCUT2D eigenvalue weighted by Crippen LogP contribution is 2.58. The van der Waals surface area contributed by atoms with Crippen LogP contribution in [0.5, 0.6) is 0 Å². The van der Waals surface area contributed by atoms with Gasteiger partial charge < -0.3 is 14.0 Å². The molecule has 2 aliphatic rings. The van der Waals surface area contributed by atoms with Crippen molar-refractivity contribution >= 4 is 41.4 Å². The molecule has 43 heavy (non-hydrogen) atoms. The van der Waals surface area contributed by atoms with Crippen molar-refractivity contribution in [1.82, 2.24) is 13.7 Å². The molecule has 6 rings (SSSR count). The molecule has 2 aromatic carbocycles. The minimum absolute atomic E-state index is 0.0192. The number of hydrogen-bond acceptors (Lipinski definition) is 6. The molecular formula is C33H34N4O6. The summed E-state index contributed by atoms with van der Waals surface area (Å²) >= 11 is 0. The molecule has 10 nitrogen and oxygen atoms in total. The largest absolute Gasteiger partial charge is 0.443 e. The smallest absolute Gasteiger partial charge is 0.419 e. The molecule has 1 amide bonds. The number of hydrogen-bond donors (Lipinski definition) is 0. The molecule has 0 unspecified atom stereocenters. The van der Waals surface area contributed by atoms with Crippen LogP contribution in [0.4, 0.5) is 15.3 Å². The van der Waals surface area contributed by atoms with E-state index in [1.165, 1.54) is 25.6 Å². The number of aromatic nitrogens is 3. The fourth-order valence-electron chi connectivity index (χ4n) is 6.20. The number of amides is 1. The van der Waals surface area contributed by atoms with Gasteiger partial charge >= 0.3 is 12.2 Å². The van der Waals surface area contributed by atoms with Gasteiger partial charge in [-0.1, -0.05) is 43.0 Å². The van der Waals surface area contributed by atoms with Gasteiger partial charge in [0, 0.05) is 18.6 Å². The molecule has 2 aromatic heterocycles. The van der Waals surface area contributed by atoms with E-state index in [1.54, 1.807) is 65.9 Å². The monoisotopic (exact) mass is 582 g/mol. The van der Waals surface area contributed by atoms with Crippen LogP contribution in [-0.2, 0) is 21.9 Å². The van der Waals surface area contributed by atoms with E-state index in [0.717, 1.165) is 0 Å². The summed E-state index contributed by atoms with van der Waals surface area (Å²) in [5.74, 6) is 0. The molecule has 222 valence electrons. The molecule has 10 heteroatoms. The summed E-state index contributed by atoms with van der Waals surface area (Å²) in [5.41, 5.74) is -1.41. The molecule has 0 fully saturated rings. The molecule has 0 saturated carbocycles. The third-order valence-corrected chi connectivity index (χ3v) is 7.86. The maximum Gasteiger partial charge on any atom is 0.419 e.